The molecule has 2 rings (SSSR count). The third-order valence-electron chi connectivity index (χ3n) is 3.54. The molecule has 0 spiro atoms. The van der Waals surface area contributed by atoms with Gasteiger partial charge in [-0.25, -0.2) is 0 Å². The Morgan fingerprint density at radius 2 is 1.82 bits per heavy atom. The molecule has 0 unspecified atom stereocenters. The molecule has 0 heterocycles. The molecule has 0 amide bonds. The van der Waals surface area contributed by atoms with Crippen molar-refractivity contribution in [1.82, 2.24) is 5.32 Å². The summed E-state index contributed by atoms with van der Waals surface area (Å²) < 4.78 is 0. The molecule has 1 aliphatic carbocycles. The third-order valence-corrected chi connectivity index (χ3v) is 3.54. The lowest BCUT2D eigenvalue weighted by molar-refractivity contribution is -0.136. The summed E-state index contributed by atoms with van der Waals surface area (Å²) in [5.74, 6) is -0.116. The van der Waals surface area contributed by atoms with Gasteiger partial charge in [0.2, 0.25) is 0 Å². The van der Waals surface area contributed by atoms with Gasteiger partial charge in [-0.3, -0.25) is 4.79 Å². The SMILES string of the molecule is O=C(O)CNC1CCC(c2ccccc2)CC1. The van der Waals surface area contributed by atoms with Crippen LogP contribution in [0.25, 0.3) is 0 Å². The van der Waals surface area contributed by atoms with E-state index in [0.717, 1.165) is 25.7 Å². The highest BCUT2D eigenvalue weighted by Gasteiger charge is 2.22. The Morgan fingerprint density at radius 1 is 1.18 bits per heavy atom. The third kappa shape index (κ3) is 3.56. The van der Waals surface area contributed by atoms with Crippen LogP contribution in [0.1, 0.15) is 37.2 Å². The van der Waals surface area contributed by atoms with Crippen LogP contribution in [0.5, 0.6) is 0 Å². The van der Waals surface area contributed by atoms with Gasteiger partial charge in [0.1, 0.15) is 0 Å². The van der Waals surface area contributed by atoms with Crippen molar-refractivity contribution in [3.8, 4) is 0 Å². The van der Waals surface area contributed by atoms with Crippen LogP contribution in [0.4, 0.5) is 0 Å². The topological polar surface area (TPSA) is 49.3 Å². The number of carboxylic acids is 1. The molecular weight excluding hydrogens is 214 g/mol. The van der Waals surface area contributed by atoms with Gasteiger partial charge in [0.15, 0.2) is 0 Å². The highest BCUT2D eigenvalue weighted by Crippen LogP contribution is 2.32. The van der Waals surface area contributed by atoms with Gasteiger partial charge in [-0.15, -0.1) is 0 Å². The second-order valence-corrected chi connectivity index (χ2v) is 4.73. The van der Waals surface area contributed by atoms with Crippen molar-refractivity contribution in [3.63, 3.8) is 0 Å². The molecule has 1 aliphatic rings. The standard InChI is InChI=1S/C14H19NO2/c16-14(17)10-15-13-8-6-12(7-9-13)11-4-2-1-3-5-11/h1-5,12-13,15H,6-10H2,(H,16,17). The Balaban J connectivity index is 1.80. The molecule has 0 aromatic heterocycles. The van der Waals surface area contributed by atoms with Crippen molar-refractivity contribution >= 4 is 5.97 Å². The van der Waals surface area contributed by atoms with Crippen LogP contribution >= 0.6 is 0 Å². The Labute approximate surface area is 102 Å². The number of carboxylic acid groups (broad SMARTS) is 1. The van der Waals surface area contributed by atoms with E-state index in [1.165, 1.54) is 5.56 Å². The summed E-state index contributed by atoms with van der Waals surface area (Å²) in [6.45, 7) is 0.0840. The molecule has 1 fully saturated rings. The summed E-state index contributed by atoms with van der Waals surface area (Å²) in [6.07, 6.45) is 4.46. The second kappa shape index (κ2) is 5.82. The van der Waals surface area contributed by atoms with E-state index in [2.05, 4.69) is 29.6 Å². The highest BCUT2D eigenvalue weighted by atomic mass is 16.4. The Bertz CT molecular complexity index is 356. The first-order chi connectivity index (χ1) is 8.25. The van der Waals surface area contributed by atoms with Crippen LogP contribution in [0.15, 0.2) is 30.3 Å². The normalized spacial score (nSPS) is 24.5. The lowest BCUT2D eigenvalue weighted by atomic mass is 9.82. The van der Waals surface area contributed by atoms with Gasteiger partial charge in [0, 0.05) is 6.04 Å². The zero-order valence-corrected chi connectivity index (χ0v) is 9.93. The van der Waals surface area contributed by atoms with E-state index in [1.54, 1.807) is 0 Å². The zero-order chi connectivity index (χ0) is 12.1. The van der Waals surface area contributed by atoms with E-state index in [4.69, 9.17) is 5.11 Å². The van der Waals surface area contributed by atoms with Crippen molar-refractivity contribution in [2.75, 3.05) is 6.54 Å². The predicted octanol–water partition coefficient (Wildman–Crippen LogP) is 2.39. The number of benzene rings is 1. The lowest BCUT2D eigenvalue weighted by Crippen LogP contribution is -2.36. The molecule has 1 saturated carbocycles. The van der Waals surface area contributed by atoms with E-state index in [1.807, 2.05) is 6.07 Å². The van der Waals surface area contributed by atoms with E-state index >= 15 is 0 Å². The number of nitrogens with one attached hydrogen (secondary N) is 1. The average Bonchev–Trinajstić information content (AvgIpc) is 2.38. The van der Waals surface area contributed by atoms with E-state index < -0.39 is 5.97 Å². The zero-order valence-electron chi connectivity index (χ0n) is 9.93. The molecule has 92 valence electrons. The van der Waals surface area contributed by atoms with Crippen LogP contribution in [0.2, 0.25) is 0 Å². The van der Waals surface area contributed by atoms with Gasteiger partial charge in [0.05, 0.1) is 6.54 Å². The summed E-state index contributed by atoms with van der Waals surface area (Å²) in [4.78, 5) is 10.5. The van der Waals surface area contributed by atoms with Crippen LogP contribution in [-0.4, -0.2) is 23.7 Å². The largest absolute Gasteiger partial charge is 0.480 e. The molecule has 3 heteroatoms. The molecule has 2 N–H and O–H groups in total. The van der Waals surface area contributed by atoms with Gasteiger partial charge in [-0.1, -0.05) is 30.3 Å². The first kappa shape index (κ1) is 12.1. The fourth-order valence-corrected chi connectivity index (χ4v) is 2.59. The van der Waals surface area contributed by atoms with Crippen molar-refractivity contribution in [3.05, 3.63) is 35.9 Å². The van der Waals surface area contributed by atoms with Crippen molar-refractivity contribution in [2.45, 2.75) is 37.6 Å². The van der Waals surface area contributed by atoms with Crippen LogP contribution < -0.4 is 5.32 Å². The fraction of sp³-hybridized carbons (Fsp3) is 0.500. The van der Waals surface area contributed by atoms with Gasteiger partial charge in [-0.2, -0.15) is 0 Å². The summed E-state index contributed by atoms with van der Waals surface area (Å²) in [6, 6.07) is 11.0. The number of hydrogen-bond acceptors (Lipinski definition) is 2. The number of carbonyl (C=O) groups is 1. The molecule has 0 atom stereocenters. The van der Waals surface area contributed by atoms with Crippen molar-refractivity contribution in [1.29, 1.82) is 0 Å². The monoisotopic (exact) mass is 233 g/mol. The molecule has 1 aromatic carbocycles. The minimum Gasteiger partial charge on any atom is -0.480 e. The maximum atomic E-state index is 10.5. The maximum absolute atomic E-state index is 10.5. The first-order valence-corrected chi connectivity index (χ1v) is 6.26. The van der Waals surface area contributed by atoms with E-state index in [9.17, 15) is 4.79 Å². The smallest absolute Gasteiger partial charge is 0.317 e. The van der Waals surface area contributed by atoms with E-state index in [-0.39, 0.29) is 6.54 Å². The molecule has 17 heavy (non-hydrogen) atoms. The summed E-state index contributed by atoms with van der Waals surface area (Å²) in [7, 11) is 0. The number of aliphatic carboxylic acids is 1. The fourth-order valence-electron chi connectivity index (χ4n) is 2.59. The molecular formula is C14H19NO2. The first-order valence-electron chi connectivity index (χ1n) is 6.26. The molecule has 0 aliphatic heterocycles. The average molecular weight is 233 g/mol. The van der Waals surface area contributed by atoms with Gasteiger partial charge in [-0.05, 0) is 37.2 Å². The number of hydrogen-bond donors (Lipinski definition) is 2. The van der Waals surface area contributed by atoms with Crippen molar-refractivity contribution in [2.24, 2.45) is 0 Å². The minimum absolute atomic E-state index is 0.0840. The molecule has 0 radical (unpaired) electrons. The maximum Gasteiger partial charge on any atom is 0.317 e. The summed E-state index contributed by atoms with van der Waals surface area (Å²) >= 11 is 0. The van der Waals surface area contributed by atoms with Crippen LogP contribution in [-0.2, 0) is 4.79 Å². The van der Waals surface area contributed by atoms with Crippen LogP contribution in [0.3, 0.4) is 0 Å². The number of rotatable bonds is 4. The van der Waals surface area contributed by atoms with Gasteiger partial charge in [0.25, 0.3) is 0 Å². The Hall–Kier alpha value is -1.35. The summed E-state index contributed by atoms with van der Waals surface area (Å²) in [5, 5.41) is 11.7. The predicted molar refractivity (Wildman–Crippen MR) is 67.1 cm³/mol. The molecule has 0 bridgehead atoms. The van der Waals surface area contributed by atoms with E-state index in [0.29, 0.717) is 12.0 Å². The second-order valence-electron chi connectivity index (χ2n) is 4.73. The Kier molecular flexibility index (Phi) is 4.15. The quantitative estimate of drug-likeness (QED) is 0.839. The highest BCUT2D eigenvalue weighted by molar-refractivity contribution is 5.69. The van der Waals surface area contributed by atoms with Gasteiger partial charge >= 0.3 is 5.97 Å². The van der Waals surface area contributed by atoms with Crippen LogP contribution in [0, 0.1) is 0 Å². The Morgan fingerprint density at radius 3 is 2.41 bits per heavy atom. The van der Waals surface area contributed by atoms with Crippen molar-refractivity contribution < 1.29 is 9.90 Å². The lowest BCUT2D eigenvalue weighted by Gasteiger charge is -2.29. The molecule has 3 nitrogen and oxygen atoms in total. The molecule has 0 saturated heterocycles. The summed E-state index contributed by atoms with van der Waals surface area (Å²) in [5.41, 5.74) is 1.42. The minimum atomic E-state index is -0.768. The van der Waals surface area contributed by atoms with Gasteiger partial charge < -0.3 is 10.4 Å². The molecule has 1 aromatic rings.